The molecule has 2 amide bonds. The molecule has 0 unspecified atom stereocenters. The van der Waals surface area contributed by atoms with Gasteiger partial charge in [0.05, 0.1) is 5.75 Å². The number of carbonyl (C=O) groups is 2. The average molecular weight is 356 g/mol. The molecule has 0 radical (unpaired) electrons. The third-order valence-corrected chi connectivity index (χ3v) is 4.45. The lowest BCUT2D eigenvalue weighted by atomic mass is 10.1. The van der Waals surface area contributed by atoms with E-state index in [2.05, 4.69) is 24.5 Å². The van der Waals surface area contributed by atoms with Crippen molar-refractivity contribution in [3.8, 4) is 0 Å². The first-order valence-corrected chi connectivity index (χ1v) is 9.50. The number of anilines is 1. The van der Waals surface area contributed by atoms with Gasteiger partial charge in [-0.25, -0.2) is 0 Å². The van der Waals surface area contributed by atoms with Crippen LogP contribution in [0.5, 0.6) is 0 Å². The van der Waals surface area contributed by atoms with Crippen LogP contribution in [0.15, 0.2) is 54.6 Å². The number of amides is 2. The van der Waals surface area contributed by atoms with Crippen LogP contribution in [0, 0.1) is 5.92 Å². The van der Waals surface area contributed by atoms with Crippen molar-refractivity contribution >= 4 is 29.3 Å². The smallest absolute Gasteiger partial charge is 0.251 e. The van der Waals surface area contributed by atoms with Crippen molar-refractivity contribution in [2.45, 2.75) is 19.6 Å². The Kier molecular flexibility index (Phi) is 7.54. The number of hydrogen-bond donors (Lipinski definition) is 2. The summed E-state index contributed by atoms with van der Waals surface area (Å²) < 4.78 is 0. The Bertz CT molecular complexity index is 685. The first-order chi connectivity index (χ1) is 12.0. The van der Waals surface area contributed by atoms with Crippen molar-refractivity contribution in [3.05, 3.63) is 65.7 Å². The highest BCUT2D eigenvalue weighted by Crippen LogP contribution is 2.14. The fourth-order valence-corrected chi connectivity index (χ4v) is 2.92. The second-order valence-corrected chi connectivity index (χ2v) is 7.19. The number of para-hydroxylation sites is 1. The van der Waals surface area contributed by atoms with Gasteiger partial charge in [0.15, 0.2) is 0 Å². The summed E-state index contributed by atoms with van der Waals surface area (Å²) >= 11 is 1.55. The van der Waals surface area contributed by atoms with E-state index in [0.29, 0.717) is 23.8 Å². The Morgan fingerprint density at radius 1 is 1.00 bits per heavy atom. The van der Waals surface area contributed by atoms with E-state index in [1.54, 1.807) is 11.8 Å². The van der Waals surface area contributed by atoms with Crippen molar-refractivity contribution in [2.75, 3.05) is 17.6 Å². The van der Waals surface area contributed by atoms with E-state index >= 15 is 0 Å². The molecular weight excluding hydrogens is 332 g/mol. The number of carbonyl (C=O) groups excluding carboxylic acids is 2. The fourth-order valence-electron chi connectivity index (χ4n) is 2.13. The number of hydrogen-bond acceptors (Lipinski definition) is 3. The molecule has 0 saturated carbocycles. The van der Waals surface area contributed by atoms with Gasteiger partial charge >= 0.3 is 0 Å². The maximum Gasteiger partial charge on any atom is 0.251 e. The third kappa shape index (κ3) is 7.01. The third-order valence-electron chi connectivity index (χ3n) is 3.45. The van der Waals surface area contributed by atoms with E-state index in [9.17, 15) is 9.59 Å². The topological polar surface area (TPSA) is 58.2 Å². The predicted molar refractivity (Wildman–Crippen MR) is 105 cm³/mol. The van der Waals surface area contributed by atoms with E-state index in [0.717, 1.165) is 17.0 Å². The zero-order valence-corrected chi connectivity index (χ0v) is 15.4. The van der Waals surface area contributed by atoms with Crippen LogP contribution in [0.3, 0.4) is 0 Å². The Morgan fingerprint density at radius 2 is 1.68 bits per heavy atom. The molecule has 2 aromatic rings. The van der Waals surface area contributed by atoms with Crippen LogP contribution >= 0.6 is 11.8 Å². The average Bonchev–Trinajstić information content (AvgIpc) is 2.61. The maximum atomic E-state index is 12.0. The van der Waals surface area contributed by atoms with E-state index in [-0.39, 0.29) is 11.8 Å². The lowest BCUT2D eigenvalue weighted by Crippen LogP contribution is -2.27. The number of rotatable bonds is 8. The van der Waals surface area contributed by atoms with Crippen molar-refractivity contribution < 1.29 is 9.59 Å². The molecular formula is C20H24N2O2S. The maximum absolute atomic E-state index is 12.0. The Labute approximate surface area is 153 Å². The highest BCUT2D eigenvalue weighted by atomic mass is 32.2. The first kappa shape index (κ1) is 19.1. The van der Waals surface area contributed by atoms with Gasteiger partial charge in [0.2, 0.25) is 5.91 Å². The quantitative estimate of drug-likeness (QED) is 0.753. The van der Waals surface area contributed by atoms with E-state index < -0.39 is 0 Å². The van der Waals surface area contributed by atoms with Crippen LogP contribution in [0.4, 0.5) is 5.69 Å². The summed E-state index contributed by atoms with van der Waals surface area (Å²) in [6, 6.07) is 17.0. The van der Waals surface area contributed by atoms with Crippen molar-refractivity contribution in [3.63, 3.8) is 0 Å². The molecule has 2 aromatic carbocycles. The van der Waals surface area contributed by atoms with Crippen LogP contribution in [-0.4, -0.2) is 24.1 Å². The molecule has 0 aliphatic carbocycles. The summed E-state index contributed by atoms with van der Waals surface area (Å²) in [4.78, 5) is 23.9. The second-order valence-electron chi connectivity index (χ2n) is 6.21. The Morgan fingerprint density at radius 3 is 2.32 bits per heavy atom. The van der Waals surface area contributed by atoms with Gasteiger partial charge < -0.3 is 10.6 Å². The van der Waals surface area contributed by atoms with E-state index in [1.165, 1.54) is 0 Å². The van der Waals surface area contributed by atoms with Crippen LogP contribution < -0.4 is 10.6 Å². The lowest BCUT2D eigenvalue weighted by molar-refractivity contribution is -0.113. The number of benzene rings is 2. The van der Waals surface area contributed by atoms with Crippen LogP contribution in [0.1, 0.15) is 29.8 Å². The van der Waals surface area contributed by atoms with E-state index in [1.807, 2.05) is 54.6 Å². The first-order valence-electron chi connectivity index (χ1n) is 8.34. The molecule has 0 aliphatic heterocycles. The molecule has 0 heterocycles. The Balaban J connectivity index is 1.74. The highest BCUT2D eigenvalue weighted by molar-refractivity contribution is 7.99. The van der Waals surface area contributed by atoms with Gasteiger partial charge in [-0.3, -0.25) is 9.59 Å². The fraction of sp³-hybridized carbons (Fsp3) is 0.300. The van der Waals surface area contributed by atoms with E-state index in [4.69, 9.17) is 0 Å². The molecule has 25 heavy (non-hydrogen) atoms. The van der Waals surface area contributed by atoms with Crippen LogP contribution in [-0.2, 0) is 10.5 Å². The molecule has 4 nitrogen and oxygen atoms in total. The van der Waals surface area contributed by atoms with Crippen molar-refractivity contribution in [1.29, 1.82) is 0 Å². The van der Waals surface area contributed by atoms with Gasteiger partial charge in [-0.15, -0.1) is 11.8 Å². The normalized spacial score (nSPS) is 10.5. The standard InChI is InChI=1S/C20H24N2O2S/c1-15(2)12-21-20(24)17-10-8-16(9-11-17)13-25-14-19(23)22-18-6-4-3-5-7-18/h3-11,15H,12-14H2,1-2H3,(H,21,24)(H,22,23). The molecule has 0 spiro atoms. The zero-order valence-electron chi connectivity index (χ0n) is 14.6. The second kappa shape index (κ2) is 9.89. The molecule has 2 rings (SSSR count). The van der Waals surface area contributed by atoms with Gasteiger partial charge in [0.25, 0.3) is 5.91 Å². The summed E-state index contributed by atoms with van der Waals surface area (Å²) in [7, 11) is 0. The molecule has 2 N–H and O–H groups in total. The molecule has 5 heteroatoms. The minimum Gasteiger partial charge on any atom is -0.352 e. The highest BCUT2D eigenvalue weighted by Gasteiger charge is 2.07. The summed E-state index contributed by atoms with van der Waals surface area (Å²) in [5.74, 6) is 1.50. The number of thioether (sulfide) groups is 1. The monoisotopic (exact) mass is 356 g/mol. The van der Waals surface area contributed by atoms with Gasteiger partial charge in [-0.05, 0) is 35.7 Å². The Hall–Kier alpha value is -2.27. The van der Waals surface area contributed by atoms with Crippen molar-refractivity contribution in [2.24, 2.45) is 5.92 Å². The predicted octanol–water partition coefficient (Wildman–Crippen LogP) is 3.94. The van der Waals surface area contributed by atoms with Gasteiger partial charge in [-0.1, -0.05) is 44.2 Å². The summed E-state index contributed by atoms with van der Waals surface area (Å²) in [5.41, 5.74) is 2.57. The molecule has 0 saturated heterocycles. The SMILES string of the molecule is CC(C)CNC(=O)c1ccc(CSCC(=O)Nc2ccccc2)cc1. The van der Waals surface area contributed by atoms with Gasteiger partial charge in [-0.2, -0.15) is 0 Å². The van der Waals surface area contributed by atoms with Gasteiger partial charge in [0.1, 0.15) is 0 Å². The molecule has 0 aromatic heterocycles. The minimum absolute atomic E-state index is 0.0131. The molecule has 0 bridgehead atoms. The lowest BCUT2D eigenvalue weighted by Gasteiger charge is -2.08. The largest absolute Gasteiger partial charge is 0.352 e. The summed E-state index contributed by atoms with van der Waals surface area (Å²) in [6.45, 7) is 4.80. The summed E-state index contributed by atoms with van der Waals surface area (Å²) in [5, 5.41) is 5.76. The summed E-state index contributed by atoms with van der Waals surface area (Å²) in [6.07, 6.45) is 0. The van der Waals surface area contributed by atoms with Crippen LogP contribution in [0.25, 0.3) is 0 Å². The minimum atomic E-state index is -0.0462. The van der Waals surface area contributed by atoms with Gasteiger partial charge in [0, 0.05) is 23.5 Å². The van der Waals surface area contributed by atoms with Crippen LogP contribution in [0.2, 0.25) is 0 Å². The van der Waals surface area contributed by atoms with Crippen molar-refractivity contribution in [1.82, 2.24) is 5.32 Å². The molecule has 0 aliphatic rings. The zero-order chi connectivity index (χ0) is 18.1. The molecule has 132 valence electrons. The number of nitrogens with one attached hydrogen (secondary N) is 2. The molecule has 0 fully saturated rings. The molecule has 0 atom stereocenters.